The molecule has 1 amide bonds. The zero-order valence-corrected chi connectivity index (χ0v) is 15.9. The second kappa shape index (κ2) is 7.59. The van der Waals surface area contributed by atoms with Gasteiger partial charge in [0.05, 0.1) is 11.2 Å². The molecule has 0 radical (unpaired) electrons. The molecule has 1 aromatic carbocycles. The van der Waals surface area contributed by atoms with Crippen LogP contribution >= 0.6 is 0 Å². The fraction of sp³-hybridized carbons (Fsp3) is 0.444. The summed E-state index contributed by atoms with van der Waals surface area (Å²) in [6.45, 7) is 3.58. The third-order valence-corrected chi connectivity index (χ3v) is 6.69. The summed E-state index contributed by atoms with van der Waals surface area (Å²) in [7, 11) is -2.11. The Morgan fingerprint density at radius 1 is 1.38 bits per heavy atom. The molecule has 1 aliphatic heterocycles. The average Bonchev–Trinajstić information content (AvgIpc) is 3.30. The van der Waals surface area contributed by atoms with Crippen LogP contribution < -0.4 is 0 Å². The van der Waals surface area contributed by atoms with Crippen molar-refractivity contribution < 1.29 is 13.2 Å². The summed E-state index contributed by atoms with van der Waals surface area (Å²) in [5.41, 5.74) is 0.419. The number of rotatable bonds is 6. The van der Waals surface area contributed by atoms with E-state index in [4.69, 9.17) is 0 Å². The van der Waals surface area contributed by atoms with Crippen molar-refractivity contribution in [1.29, 1.82) is 0 Å². The van der Waals surface area contributed by atoms with Gasteiger partial charge >= 0.3 is 0 Å². The van der Waals surface area contributed by atoms with Crippen LogP contribution in [-0.4, -0.2) is 59.3 Å². The Balaban J connectivity index is 1.76. The molecule has 2 heterocycles. The van der Waals surface area contributed by atoms with Crippen LogP contribution in [-0.2, 0) is 16.6 Å². The summed E-state index contributed by atoms with van der Waals surface area (Å²) in [4.78, 5) is 18.6. The Kier molecular flexibility index (Phi) is 5.43. The number of benzene rings is 1. The van der Waals surface area contributed by atoms with E-state index in [1.807, 2.05) is 16.4 Å². The molecule has 0 aliphatic carbocycles. The topological polar surface area (TPSA) is 75.5 Å². The van der Waals surface area contributed by atoms with Crippen molar-refractivity contribution in [1.82, 2.24) is 18.8 Å². The molecular weight excluding hydrogens is 352 g/mol. The summed E-state index contributed by atoms with van der Waals surface area (Å²) in [6, 6.07) is 6.52. The summed E-state index contributed by atoms with van der Waals surface area (Å²) in [5.74, 6) is -0.104. The van der Waals surface area contributed by atoms with E-state index in [0.29, 0.717) is 18.7 Å². The van der Waals surface area contributed by atoms with Crippen molar-refractivity contribution in [3.8, 4) is 0 Å². The van der Waals surface area contributed by atoms with E-state index in [1.54, 1.807) is 37.9 Å². The fourth-order valence-corrected chi connectivity index (χ4v) is 4.37. The predicted octanol–water partition coefficient (Wildman–Crippen LogP) is 1.83. The first-order valence-corrected chi connectivity index (χ1v) is 10.2. The molecule has 0 spiro atoms. The highest BCUT2D eigenvalue weighted by molar-refractivity contribution is 7.89. The molecule has 3 rings (SSSR count). The maximum absolute atomic E-state index is 12.8. The van der Waals surface area contributed by atoms with Crippen LogP contribution in [0, 0.1) is 0 Å². The van der Waals surface area contributed by atoms with E-state index in [-0.39, 0.29) is 16.8 Å². The summed E-state index contributed by atoms with van der Waals surface area (Å²) in [6.07, 6.45) is 7.07. The first-order valence-electron chi connectivity index (χ1n) is 8.72. The molecule has 0 N–H and O–H groups in total. The standard InChI is InChI=1S/C18H24N4O3S/c1-15-5-4-9-22(15)18(23)16-6-3-7-17(13-16)26(24,25)20(2)11-12-21-10-8-19-14-21/h3,6-8,10,13-15H,4-5,9,11-12H2,1-2H3. The van der Waals surface area contributed by atoms with E-state index in [0.717, 1.165) is 19.4 Å². The lowest BCUT2D eigenvalue weighted by molar-refractivity contribution is 0.0747. The third kappa shape index (κ3) is 3.81. The molecule has 1 aliphatic rings. The highest BCUT2D eigenvalue weighted by Crippen LogP contribution is 2.22. The van der Waals surface area contributed by atoms with Crippen LogP contribution in [0.1, 0.15) is 30.1 Å². The van der Waals surface area contributed by atoms with Crippen molar-refractivity contribution in [3.63, 3.8) is 0 Å². The van der Waals surface area contributed by atoms with Gasteiger partial charge in [0.1, 0.15) is 0 Å². The van der Waals surface area contributed by atoms with Crippen LogP contribution in [0.15, 0.2) is 47.9 Å². The Morgan fingerprint density at radius 3 is 2.85 bits per heavy atom. The van der Waals surface area contributed by atoms with Gasteiger partial charge in [-0.3, -0.25) is 4.79 Å². The number of carbonyl (C=O) groups is 1. The van der Waals surface area contributed by atoms with Gasteiger partial charge in [0.25, 0.3) is 5.91 Å². The van der Waals surface area contributed by atoms with Crippen LogP contribution in [0.3, 0.4) is 0 Å². The predicted molar refractivity (Wildman–Crippen MR) is 98.2 cm³/mol. The molecule has 26 heavy (non-hydrogen) atoms. The van der Waals surface area contributed by atoms with Crippen molar-refractivity contribution in [2.45, 2.75) is 37.2 Å². The lowest BCUT2D eigenvalue weighted by Crippen LogP contribution is -2.34. The Bertz CT molecular complexity index is 864. The van der Waals surface area contributed by atoms with Crippen molar-refractivity contribution in [2.75, 3.05) is 20.1 Å². The van der Waals surface area contributed by atoms with Gasteiger partial charge in [-0.15, -0.1) is 0 Å². The Morgan fingerprint density at radius 2 is 2.19 bits per heavy atom. The number of hydrogen-bond acceptors (Lipinski definition) is 4. The zero-order valence-electron chi connectivity index (χ0n) is 15.1. The maximum Gasteiger partial charge on any atom is 0.254 e. The van der Waals surface area contributed by atoms with Gasteiger partial charge < -0.3 is 9.47 Å². The highest BCUT2D eigenvalue weighted by atomic mass is 32.2. The number of sulfonamides is 1. The normalized spacial score (nSPS) is 17.8. The second-order valence-corrected chi connectivity index (χ2v) is 8.69. The highest BCUT2D eigenvalue weighted by Gasteiger charge is 2.27. The SMILES string of the molecule is CC1CCCN1C(=O)c1cccc(S(=O)(=O)N(C)CCn2ccnc2)c1. The van der Waals surface area contributed by atoms with Gasteiger partial charge in [0.15, 0.2) is 0 Å². The molecule has 1 aromatic heterocycles. The molecule has 7 nitrogen and oxygen atoms in total. The quantitative estimate of drug-likeness (QED) is 0.771. The number of carbonyl (C=O) groups excluding carboxylic acids is 1. The number of likely N-dealkylation sites (tertiary alicyclic amines) is 1. The third-order valence-electron chi connectivity index (χ3n) is 4.84. The van der Waals surface area contributed by atoms with Gasteiger partial charge in [0, 0.05) is 50.7 Å². The number of likely N-dealkylation sites (N-methyl/N-ethyl adjacent to an activating group) is 1. The largest absolute Gasteiger partial charge is 0.336 e. The number of hydrogen-bond donors (Lipinski definition) is 0. The number of aromatic nitrogens is 2. The van der Waals surface area contributed by atoms with Crippen LogP contribution in [0.5, 0.6) is 0 Å². The molecule has 0 saturated carbocycles. The summed E-state index contributed by atoms with van der Waals surface area (Å²) >= 11 is 0. The van der Waals surface area contributed by atoms with Crippen LogP contribution in [0.4, 0.5) is 0 Å². The lowest BCUT2D eigenvalue weighted by Gasteiger charge is -2.22. The second-order valence-electron chi connectivity index (χ2n) is 6.64. The minimum atomic E-state index is -3.66. The average molecular weight is 376 g/mol. The van der Waals surface area contributed by atoms with E-state index in [1.165, 1.54) is 16.4 Å². The van der Waals surface area contributed by atoms with Gasteiger partial charge in [-0.25, -0.2) is 13.4 Å². The van der Waals surface area contributed by atoms with E-state index < -0.39 is 10.0 Å². The van der Waals surface area contributed by atoms with Crippen LogP contribution in [0.2, 0.25) is 0 Å². The Labute approximate surface area is 154 Å². The lowest BCUT2D eigenvalue weighted by atomic mass is 10.2. The van der Waals surface area contributed by atoms with Gasteiger partial charge in [0.2, 0.25) is 10.0 Å². The van der Waals surface area contributed by atoms with E-state index in [2.05, 4.69) is 4.98 Å². The first kappa shape index (κ1) is 18.6. The van der Waals surface area contributed by atoms with Gasteiger partial charge in [-0.2, -0.15) is 4.31 Å². The van der Waals surface area contributed by atoms with E-state index in [9.17, 15) is 13.2 Å². The summed E-state index contributed by atoms with van der Waals surface area (Å²) in [5, 5.41) is 0. The molecule has 2 aromatic rings. The van der Waals surface area contributed by atoms with Crippen molar-refractivity contribution in [3.05, 3.63) is 48.5 Å². The van der Waals surface area contributed by atoms with E-state index >= 15 is 0 Å². The molecule has 8 heteroatoms. The number of nitrogens with zero attached hydrogens (tertiary/aromatic N) is 4. The molecule has 0 bridgehead atoms. The van der Waals surface area contributed by atoms with Crippen molar-refractivity contribution in [2.24, 2.45) is 0 Å². The number of imidazole rings is 1. The molecule has 1 atom stereocenters. The zero-order chi connectivity index (χ0) is 18.7. The maximum atomic E-state index is 12.8. The molecule has 1 fully saturated rings. The van der Waals surface area contributed by atoms with Crippen LogP contribution in [0.25, 0.3) is 0 Å². The van der Waals surface area contributed by atoms with Crippen molar-refractivity contribution >= 4 is 15.9 Å². The molecule has 140 valence electrons. The van der Waals surface area contributed by atoms with Gasteiger partial charge in [-0.1, -0.05) is 6.07 Å². The Hall–Kier alpha value is -2.19. The minimum Gasteiger partial charge on any atom is -0.336 e. The number of amides is 1. The summed E-state index contributed by atoms with van der Waals surface area (Å²) < 4.78 is 28.8. The molecule has 1 saturated heterocycles. The minimum absolute atomic E-state index is 0.104. The first-order chi connectivity index (χ1) is 12.4. The smallest absolute Gasteiger partial charge is 0.254 e. The molecular formula is C18H24N4O3S. The monoisotopic (exact) mass is 376 g/mol. The fourth-order valence-electron chi connectivity index (χ4n) is 3.17. The molecule has 1 unspecified atom stereocenters. The van der Waals surface area contributed by atoms with Gasteiger partial charge in [-0.05, 0) is 38.0 Å².